The van der Waals surface area contributed by atoms with Gasteiger partial charge in [-0.1, -0.05) is 29.8 Å². The van der Waals surface area contributed by atoms with Crippen LogP contribution in [0.2, 0.25) is 10.0 Å². The van der Waals surface area contributed by atoms with Gasteiger partial charge in [0.15, 0.2) is 12.2 Å². The molecule has 3 rings (SSSR count). The van der Waals surface area contributed by atoms with E-state index in [1.54, 1.807) is 25.1 Å². The molecule has 2 aromatic carbocycles. The lowest BCUT2D eigenvalue weighted by Crippen LogP contribution is -2.51. The zero-order valence-electron chi connectivity index (χ0n) is 17.8. The van der Waals surface area contributed by atoms with Crippen molar-refractivity contribution in [2.24, 2.45) is 0 Å². The average molecular weight is 497 g/mol. The number of fused-ring (bicyclic) bond motifs is 1. The molecule has 2 amide bonds. The number of ether oxygens (including phenoxy) is 2. The Kier molecular flexibility index (Phi) is 7.84. The minimum absolute atomic E-state index is 0.0389. The third-order valence-electron chi connectivity index (χ3n) is 5.03. The molecular formula is C23H23Cl2FN2O5. The van der Waals surface area contributed by atoms with Crippen molar-refractivity contribution in [1.29, 1.82) is 0 Å². The topological polar surface area (TPSA) is 96.9 Å². The number of aliphatic hydroxyl groups excluding tert-OH is 1. The number of amides is 2. The maximum atomic E-state index is 13.4. The molecule has 2 atom stereocenters. The highest BCUT2D eigenvalue weighted by Gasteiger charge is 2.43. The van der Waals surface area contributed by atoms with Crippen molar-refractivity contribution in [3.8, 4) is 11.5 Å². The van der Waals surface area contributed by atoms with Crippen LogP contribution in [0, 0.1) is 5.82 Å². The van der Waals surface area contributed by atoms with Crippen molar-refractivity contribution in [3.05, 3.63) is 70.1 Å². The summed E-state index contributed by atoms with van der Waals surface area (Å²) in [5.74, 6) is -0.973. The Bertz CT molecular complexity index is 1080. The molecule has 3 N–H and O–H groups in total. The zero-order valence-corrected chi connectivity index (χ0v) is 19.3. The molecule has 1 heterocycles. The highest BCUT2D eigenvalue weighted by Crippen LogP contribution is 2.40. The fourth-order valence-corrected chi connectivity index (χ4v) is 3.55. The van der Waals surface area contributed by atoms with Gasteiger partial charge in [-0.3, -0.25) is 9.59 Å². The van der Waals surface area contributed by atoms with Gasteiger partial charge in [0.25, 0.3) is 11.8 Å². The van der Waals surface area contributed by atoms with Gasteiger partial charge >= 0.3 is 0 Å². The van der Waals surface area contributed by atoms with E-state index in [1.165, 1.54) is 12.1 Å². The van der Waals surface area contributed by atoms with Crippen molar-refractivity contribution in [2.45, 2.75) is 31.5 Å². The third kappa shape index (κ3) is 6.37. The number of hydrogen-bond donors (Lipinski definition) is 3. The molecule has 7 nitrogen and oxygen atoms in total. The average Bonchev–Trinajstić information content (AvgIpc) is 2.75. The SMILES string of the molecule is C=C(CCNC(=O)COc1ccc(Cl)c(F)c1)NC(=O)[C@@]1(C)C[C@H](O)c2cc(Cl)ccc2O1. The fourth-order valence-electron chi connectivity index (χ4n) is 3.25. The van der Waals surface area contributed by atoms with E-state index in [1.807, 2.05) is 0 Å². The van der Waals surface area contributed by atoms with Crippen LogP contribution in [0.15, 0.2) is 48.7 Å². The van der Waals surface area contributed by atoms with E-state index in [9.17, 15) is 19.1 Å². The van der Waals surface area contributed by atoms with Crippen LogP contribution >= 0.6 is 23.2 Å². The van der Waals surface area contributed by atoms with Crippen molar-refractivity contribution in [1.82, 2.24) is 10.6 Å². The maximum absolute atomic E-state index is 13.4. The number of hydrogen-bond acceptors (Lipinski definition) is 5. The minimum Gasteiger partial charge on any atom is -0.484 e. The first-order valence-electron chi connectivity index (χ1n) is 10.1. The maximum Gasteiger partial charge on any atom is 0.268 e. The van der Waals surface area contributed by atoms with Gasteiger partial charge in [-0.15, -0.1) is 0 Å². The van der Waals surface area contributed by atoms with Gasteiger partial charge in [-0.25, -0.2) is 4.39 Å². The van der Waals surface area contributed by atoms with Gasteiger partial charge in [0.1, 0.15) is 17.3 Å². The minimum atomic E-state index is -1.31. The summed E-state index contributed by atoms with van der Waals surface area (Å²) < 4.78 is 24.4. The highest BCUT2D eigenvalue weighted by atomic mass is 35.5. The number of aliphatic hydroxyl groups is 1. The summed E-state index contributed by atoms with van der Waals surface area (Å²) in [6, 6.07) is 8.70. The zero-order chi connectivity index (χ0) is 24.2. The Labute approximate surface area is 200 Å². The number of rotatable bonds is 8. The Balaban J connectivity index is 1.43. The summed E-state index contributed by atoms with van der Waals surface area (Å²) >= 11 is 11.6. The molecule has 176 valence electrons. The second kappa shape index (κ2) is 10.4. The smallest absolute Gasteiger partial charge is 0.268 e. The fraction of sp³-hybridized carbons (Fsp3) is 0.304. The molecule has 0 fully saturated rings. The molecule has 0 radical (unpaired) electrons. The van der Waals surface area contributed by atoms with E-state index in [4.69, 9.17) is 32.7 Å². The summed E-state index contributed by atoms with van der Waals surface area (Å²) in [6.07, 6.45) is -0.610. The van der Waals surface area contributed by atoms with Crippen molar-refractivity contribution >= 4 is 35.0 Å². The van der Waals surface area contributed by atoms with Gasteiger partial charge in [0.05, 0.1) is 11.1 Å². The Morgan fingerprint density at radius 2 is 2.06 bits per heavy atom. The molecule has 0 saturated carbocycles. The van der Waals surface area contributed by atoms with Crippen LogP contribution in [0.5, 0.6) is 11.5 Å². The Morgan fingerprint density at radius 1 is 1.30 bits per heavy atom. The molecule has 0 saturated heterocycles. The van der Waals surface area contributed by atoms with Crippen molar-refractivity contribution in [3.63, 3.8) is 0 Å². The van der Waals surface area contributed by atoms with E-state index in [0.29, 0.717) is 22.0 Å². The highest BCUT2D eigenvalue weighted by molar-refractivity contribution is 6.31. The van der Waals surface area contributed by atoms with Gasteiger partial charge in [-0.2, -0.15) is 0 Å². The van der Waals surface area contributed by atoms with E-state index < -0.39 is 29.3 Å². The lowest BCUT2D eigenvalue weighted by Gasteiger charge is -2.37. The molecule has 0 spiro atoms. The molecule has 0 aliphatic carbocycles. The van der Waals surface area contributed by atoms with Crippen LogP contribution in [-0.2, 0) is 9.59 Å². The molecule has 1 aliphatic heterocycles. The van der Waals surface area contributed by atoms with Crippen LogP contribution in [0.3, 0.4) is 0 Å². The van der Waals surface area contributed by atoms with Crippen LogP contribution in [0.4, 0.5) is 4.39 Å². The summed E-state index contributed by atoms with van der Waals surface area (Å²) in [4.78, 5) is 24.7. The predicted octanol–water partition coefficient (Wildman–Crippen LogP) is 3.92. The largest absolute Gasteiger partial charge is 0.484 e. The van der Waals surface area contributed by atoms with E-state index in [0.717, 1.165) is 6.07 Å². The quantitative estimate of drug-likeness (QED) is 0.514. The lowest BCUT2D eigenvalue weighted by atomic mass is 9.89. The molecule has 1 aliphatic rings. The summed E-state index contributed by atoms with van der Waals surface area (Å²) in [6.45, 7) is 5.26. The van der Waals surface area contributed by atoms with Gasteiger partial charge in [0, 0.05) is 41.7 Å². The molecule has 2 aromatic rings. The summed E-state index contributed by atoms with van der Waals surface area (Å²) in [5, 5.41) is 16.1. The lowest BCUT2D eigenvalue weighted by molar-refractivity contribution is -0.139. The monoisotopic (exact) mass is 496 g/mol. The summed E-state index contributed by atoms with van der Waals surface area (Å²) in [5.41, 5.74) is -0.422. The first kappa shape index (κ1) is 24.8. The number of carbonyl (C=O) groups excluding carboxylic acids is 2. The third-order valence-corrected chi connectivity index (χ3v) is 5.57. The van der Waals surface area contributed by atoms with Crippen LogP contribution < -0.4 is 20.1 Å². The van der Waals surface area contributed by atoms with Gasteiger partial charge < -0.3 is 25.2 Å². The van der Waals surface area contributed by atoms with Crippen LogP contribution in [0.25, 0.3) is 0 Å². The van der Waals surface area contributed by atoms with Crippen molar-refractivity contribution in [2.75, 3.05) is 13.2 Å². The number of halogens is 3. The summed E-state index contributed by atoms with van der Waals surface area (Å²) in [7, 11) is 0. The number of nitrogens with one attached hydrogen (secondary N) is 2. The second-order valence-corrected chi connectivity index (χ2v) is 8.60. The van der Waals surface area contributed by atoms with E-state index >= 15 is 0 Å². The van der Waals surface area contributed by atoms with Crippen LogP contribution in [-0.4, -0.2) is 35.7 Å². The molecule has 0 aromatic heterocycles. The number of benzene rings is 2. The first-order valence-corrected chi connectivity index (χ1v) is 10.8. The second-order valence-electron chi connectivity index (χ2n) is 7.76. The molecular weight excluding hydrogens is 474 g/mol. The van der Waals surface area contributed by atoms with Crippen LogP contribution in [0.1, 0.15) is 31.4 Å². The molecule has 0 unspecified atom stereocenters. The van der Waals surface area contributed by atoms with E-state index in [-0.39, 0.29) is 36.8 Å². The van der Waals surface area contributed by atoms with E-state index in [2.05, 4.69) is 17.2 Å². The van der Waals surface area contributed by atoms with Gasteiger partial charge in [-0.05, 0) is 37.3 Å². The normalized spacial score (nSPS) is 19.1. The standard InChI is InChI=1S/C23H23Cl2FN2O5/c1-13(7-8-27-21(30)12-32-15-4-5-17(25)18(26)10-15)28-22(31)23(2)11-19(29)16-9-14(24)3-6-20(16)33-23/h3-6,9-10,19,29H,1,7-8,11-12H2,2H3,(H,27,30)(H,28,31)/t19-,23+/m0/s1. The Morgan fingerprint density at radius 3 is 2.79 bits per heavy atom. The predicted molar refractivity (Wildman–Crippen MR) is 122 cm³/mol. The van der Waals surface area contributed by atoms with Crippen molar-refractivity contribution < 1.29 is 28.6 Å². The first-order chi connectivity index (χ1) is 15.6. The Hall–Kier alpha value is -2.81. The van der Waals surface area contributed by atoms with Gasteiger partial charge in [0.2, 0.25) is 0 Å². The number of carbonyl (C=O) groups is 2. The molecule has 0 bridgehead atoms. The molecule has 10 heteroatoms. The molecule has 33 heavy (non-hydrogen) atoms.